The van der Waals surface area contributed by atoms with Crippen molar-refractivity contribution in [1.29, 1.82) is 0 Å². The number of para-hydroxylation sites is 1. The molecule has 0 aliphatic carbocycles. The summed E-state index contributed by atoms with van der Waals surface area (Å²) in [5.74, 6) is -1.17. The van der Waals surface area contributed by atoms with Crippen LogP contribution in [0.25, 0.3) is 0 Å². The lowest BCUT2D eigenvalue weighted by Gasteiger charge is -2.24. The van der Waals surface area contributed by atoms with Crippen LogP contribution < -0.4 is 4.41 Å². The molecule has 0 aliphatic rings. The minimum Gasteiger partial charge on any atom is -0.299 e. The Bertz CT molecular complexity index is 490. The van der Waals surface area contributed by atoms with Crippen molar-refractivity contribution in [2.24, 2.45) is 0 Å². The van der Waals surface area contributed by atoms with Crippen LogP contribution in [0.3, 0.4) is 0 Å². The summed E-state index contributed by atoms with van der Waals surface area (Å²) >= 11 is 11.0. The summed E-state index contributed by atoms with van der Waals surface area (Å²) in [6, 6.07) is 7.99. The van der Waals surface area contributed by atoms with Crippen molar-refractivity contribution in [1.82, 2.24) is 4.05 Å². The number of sulfonamides is 1. The molecule has 0 saturated carbocycles. The molecule has 0 fully saturated rings. The molecule has 1 aromatic carbocycles. The summed E-state index contributed by atoms with van der Waals surface area (Å²) < 4.78 is 24.8. The fourth-order valence-electron chi connectivity index (χ4n) is 1.22. The van der Waals surface area contributed by atoms with Crippen LogP contribution in [0.1, 0.15) is 6.92 Å². The number of hydrazine groups is 1. The Morgan fingerprint density at radius 1 is 1.24 bits per heavy atom. The standard InChI is InChI=1S/C9H10Cl2N2O3S/c1-8(14)7-17(15,16)12(13(10)11)9-5-3-2-4-6-9/h2-6H,7H2,1H3. The van der Waals surface area contributed by atoms with Gasteiger partial charge in [0.2, 0.25) is 0 Å². The van der Waals surface area contributed by atoms with Gasteiger partial charge in [0.25, 0.3) is 10.0 Å². The summed E-state index contributed by atoms with van der Waals surface area (Å²) in [6.45, 7) is 1.17. The molecule has 0 atom stereocenters. The monoisotopic (exact) mass is 296 g/mol. The molecule has 0 radical (unpaired) electrons. The molecule has 0 saturated heterocycles. The molecule has 8 heteroatoms. The van der Waals surface area contributed by atoms with Crippen molar-refractivity contribution in [3.63, 3.8) is 0 Å². The topological polar surface area (TPSA) is 57.7 Å². The molecule has 0 aliphatic heterocycles. The number of hydrogen-bond donors (Lipinski definition) is 0. The van der Waals surface area contributed by atoms with Gasteiger partial charge in [-0.1, -0.05) is 18.2 Å². The summed E-state index contributed by atoms with van der Waals surface area (Å²) in [6.07, 6.45) is 0. The highest BCUT2D eigenvalue weighted by Gasteiger charge is 2.28. The number of halogens is 2. The van der Waals surface area contributed by atoms with Gasteiger partial charge >= 0.3 is 0 Å². The molecule has 1 rings (SSSR count). The molecule has 0 heterocycles. The van der Waals surface area contributed by atoms with Crippen LogP contribution in [0.5, 0.6) is 0 Å². The quantitative estimate of drug-likeness (QED) is 0.615. The number of Topliss-reactive ketones (excluding diaryl/α,β-unsaturated/α-hetero) is 1. The summed E-state index contributed by atoms with van der Waals surface area (Å²) in [5.41, 5.74) is 0.249. The van der Waals surface area contributed by atoms with E-state index in [0.29, 0.717) is 8.46 Å². The third-order valence-electron chi connectivity index (χ3n) is 1.76. The number of ketones is 1. The van der Waals surface area contributed by atoms with Crippen LogP contribution in [-0.2, 0) is 14.8 Å². The minimum atomic E-state index is -3.93. The van der Waals surface area contributed by atoms with Crippen molar-refractivity contribution in [2.75, 3.05) is 10.2 Å². The molecule has 0 N–H and O–H groups in total. The van der Waals surface area contributed by atoms with Gasteiger partial charge in [-0.15, -0.1) is 0 Å². The average Bonchev–Trinajstić information content (AvgIpc) is 2.15. The van der Waals surface area contributed by atoms with Gasteiger partial charge in [0, 0.05) is 23.6 Å². The minimum absolute atomic E-state index is 0.249. The van der Waals surface area contributed by atoms with E-state index in [1.807, 2.05) is 0 Å². The Hall–Kier alpha value is -0.820. The lowest BCUT2D eigenvalue weighted by Crippen LogP contribution is -2.39. The first-order valence-corrected chi connectivity index (χ1v) is 6.82. The molecule has 0 spiro atoms. The Labute approximate surface area is 110 Å². The van der Waals surface area contributed by atoms with E-state index in [9.17, 15) is 13.2 Å². The van der Waals surface area contributed by atoms with E-state index in [4.69, 9.17) is 23.6 Å². The second-order valence-electron chi connectivity index (χ2n) is 3.25. The van der Waals surface area contributed by atoms with Crippen LogP contribution in [0.4, 0.5) is 5.69 Å². The number of carbonyl (C=O) groups excluding carboxylic acids is 1. The summed E-state index contributed by atoms with van der Waals surface area (Å²) in [7, 11) is -3.93. The molecule has 0 amide bonds. The Morgan fingerprint density at radius 2 is 1.76 bits per heavy atom. The lowest BCUT2D eigenvalue weighted by molar-refractivity contribution is -0.114. The first kappa shape index (κ1) is 14.2. The van der Waals surface area contributed by atoms with E-state index in [2.05, 4.69) is 0 Å². The van der Waals surface area contributed by atoms with Gasteiger partial charge in [-0.3, -0.25) is 4.79 Å². The first-order chi connectivity index (χ1) is 7.84. The third kappa shape index (κ3) is 3.85. The number of benzene rings is 1. The van der Waals surface area contributed by atoms with E-state index in [-0.39, 0.29) is 5.69 Å². The molecular weight excluding hydrogens is 287 g/mol. The van der Waals surface area contributed by atoms with Gasteiger partial charge in [0.1, 0.15) is 11.5 Å². The van der Waals surface area contributed by atoms with Crippen LogP contribution in [0, 0.1) is 0 Å². The summed E-state index contributed by atoms with van der Waals surface area (Å²) in [4.78, 5) is 10.9. The van der Waals surface area contributed by atoms with E-state index in [1.54, 1.807) is 18.2 Å². The zero-order chi connectivity index (χ0) is 13.1. The number of hydrogen-bond acceptors (Lipinski definition) is 4. The lowest BCUT2D eigenvalue weighted by atomic mass is 10.3. The van der Waals surface area contributed by atoms with Crippen LogP contribution in [-0.4, -0.2) is 24.0 Å². The van der Waals surface area contributed by atoms with E-state index in [0.717, 1.165) is 0 Å². The van der Waals surface area contributed by atoms with Crippen molar-refractivity contribution in [2.45, 2.75) is 6.92 Å². The SMILES string of the molecule is CC(=O)CS(=O)(=O)N(c1ccccc1)N(Cl)Cl. The second-order valence-corrected chi connectivity index (χ2v) is 5.86. The van der Waals surface area contributed by atoms with Crippen molar-refractivity contribution < 1.29 is 13.2 Å². The molecule has 5 nitrogen and oxygen atoms in total. The summed E-state index contributed by atoms with van der Waals surface area (Å²) in [5, 5.41) is 0. The van der Waals surface area contributed by atoms with Crippen molar-refractivity contribution in [3.8, 4) is 0 Å². The number of rotatable bonds is 5. The maximum atomic E-state index is 11.9. The van der Waals surface area contributed by atoms with Gasteiger partial charge in [0.15, 0.2) is 0 Å². The van der Waals surface area contributed by atoms with Gasteiger partial charge < -0.3 is 0 Å². The Kier molecular flexibility index (Phi) is 4.76. The van der Waals surface area contributed by atoms with Crippen molar-refractivity contribution >= 4 is 45.0 Å². The average molecular weight is 297 g/mol. The molecule has 0 aromatic heterocycles. The van der Waals surface area contributed by atoms with E-state index in [1.165, 1.54) is 19.1 Å². The predicted molar refractivity (Wildman–Crippen MR) is 66.9 cm³/mol. The number of nitrogens with zero attached hydrogens (tertiary/aromatic N) is 2. The highest BCUT2D eigenvalue weighted by Crippen LogP contribution is 2.23. The first-order valence-electron chi connectivity index (χ1n) is 4.53. The zero-order valence-electron chi connectivity index (χ0n) is 8.88. The van der Waals surface area contributed by atoms with Crippen molar-refractivity contribution in [3.05, 3.63) is 30.3 Å². The predicted octanol–water partition coefficient (Wildman–Crippen LogP) is 1.94. The smallest absolute Gasteiger partial charge is 0.257 e. The van der Waals surface area contributed by atoms with Gasteiger partial charge in [-0.25, -0.2) is 8.42 Å². The normalized spacial score (nSPS) is 11.5. The largest absolute Gasteiger partial charge is 0.299 e. The van der Waals surface area contributed by atoms with Crippen LogP contribution in [0.15, 0.2) is 30.3 Å². The third-order valence-corrected chi connectivity index (χ3v) is 3.92. The Balaban J connectivity index is 3.15. The van der Waals surface area contributed by atoms with Gasteiger partial charge in [-0.2, -0.15) is 4.41 Å². The number of anilines is 1. The zero-order valence-corrected chi connectivity index (χ0v) is 11.2. The molecule has 0 bridgehead atoms. The van der Waals surface area contributed by atoms with Crippen LogP contribution >= 0.6 is 23.6 Å². The molecule has 94 valence electrons. The van der Waals surface area contributed by atoms with Crippen LogP contribution in [0.2, 0.25) is 0 Å². The highest BCUT2D eigenvalue weighted by molar-refractivity contribution is 7.93. The maximum Gasteiger partial charge on any atom is 0.257 e. The fraction of sp³-hybridized carbons (Fsp3) is 0.222. The van der Waals surface area contributed by atoms with E-state index < -0.39 is 21.6 Å². The van der Waals surface area contributed by atoms with Gasteiger partial charge in [0.05, 0.1) is 5.69 Å². The molecular formula is C9H10Cl2N2O3S. The maximum absolute atomic E-state index is 11.9. The van der Waals surface area contributed by atoms with E-state index >= 15 is 0 Å². The number of carbonyl (C=O) groups is 1. The highest BCUT2D eigenvalue weighted by atomic mass is 35.5. The molecule has 0 unspecified atom stereocenters. The second kappa shape index (κ2) is 5.68. The molecule has 17 heavy (non-hydrogen) atoms. The fourth-order valence-corrected chi connectivity index (χ4v) is 3.22. The van der Waals surface area contributed by atoms with Gasteiger partial charge in [-0.05, 0) is 23.1 Å². The Morgan fingerprint density at radius 3 is 2.18 bits per heavy atom. The molecule has 1 aromatic rings.